The van der Waals surface area contributed by atoms with Gasteiger partial charge >= 0.3 is 0 Å². The summed E-state index contributed by atoms with van der Waals surface area (Å²) < 4.78 is 11.0. The summed E-state index contributed by atoms with van der Waals surface area (Å²) in [7, 11) is 0. The Morgan fingerprint density at radius 1 is 1.17 bits per heavy atom. The summed E-state index contributed by atoms with van der Waals surface area (Å²) in [5.74, 6) is -0.881. The number of rotatable bonds is 8. The third-order valence-electron chi connectivity index (χ3n) is 6.29. The standard InChI is InChI=1S/C27H29ClN2O5/c1-3-14-35-22-9-6-20(17-18(22)2)25(31)23-24(19-4-7-21(28)8-5-19)30(27(33)26(23)32)11-10-29-12-15-34-16-13-29/h3-9,17,24,31H,1,10-16H2,2H3/t24-/m0/s1. The molecule has 2 saturated heterocycles. The van der Waals surface area contributed by atoms with E-state index in [1.165, 1.54) is 0 Å². The van der Waals surface area contributed by atoms with Gasteiger partial charge in [-0.3, -0.25) is 14.5 Å². The molecule has 1 amide bonds. The fourth-order valence-electron chi connectivity index (χ4n) is 4.44. The van der Waals surface area contributed by atoms with Crippen LogP contribution < -0.4 is 4.74 Å². The Labute approximate surface area is 210 Å². The number of amides is 1. The van der Waals surface area contributed by atoms with Crippen LogP contribution in [0.1, 0.15) is 22.7 Å². The Morgan fingerprint density at radius 2 is 1.89 bits per heavy atom. The lowest BCUT2D eigenvalue weighted by atomic mass is 9.95. The second-order valence-corrected chi connectivity index (χ2v) is 9.01. The molecule has 0 bridgehead atoms. The number of aliphatic hydroxyl groups is 1. The number of hydrogen-bond acceptors (Lipinski definition) is 6. The molecule has 1 N–H and O–H groups in total. The van der Waals surface area contributed by atoms with Gasteiger partial charge in [0.05, 0.1) is 24.8 Å². The highest BCUT2D eigenvalue weighted by Crippen LogP contribution is 2.40. The van der Waals surface area contributed by atoms with E-state index < -0.39 is 17.7 Å². The molecule has 0 aliphatic carbocycles. The second kappa shape index (κ2) is 11.1. The molecule has 1 atom stereocenters. The highest BCUT2D eigenvalue weighted by atomic mass is 35.5. The molecule has 2 aliphatic heterocycles. The lowest BCUT2D eigenvalue weighted by molar-refractivity contribution is -0.140. The second-order valence-electron chi connectivity index (χ2n) is 8.58. The zero-order valence-corrected chi connectivity index (χ0v) is 20.5. The van der Waals surface area contributed by atoms with E-state index in [1.54, 1.807) is 53.4 Å². The van der Waals surface area contributed by atoms with Gasteiger partial charge in [-0.1, -0.05) is 36.4 Å². The quantitative estimate of drug-likeness (QED) is 0.258. The van der Waals surface area contributed by atoms with Gasteiger partial charge < -0.3 is 19.5 Å². The lowest BCUT2D eigenvalue weighted by Gasteiger charge is -2.31. The molecule has 2 aromatic rings. The molecule has 4 rings (SSSR count). The molecule has 0 spiro atoms. The Hall–Kier alpha value is -3.13. The van der Waals surface area contributed by atoms with Crippen molar-refractivity contribution in [2.75, 3.05) is 46.0 Å². The molecule has 2 fully saturated rings. The number of carbonyl (C=O) groups is 2. The zero-order valence-electron chi connectivity index (χ0n) is 19.7. The van der Waals surface area contributed by atoms with Crippen molar-refractivity contribution in [3.63, 3.8) is 0 Å². The maximum Gasteiger partial charge on any atom is 0.295 e. The molecular weight excluding hydrogens is 468 g/mol. The summed E-state index contributed by atoms with van der Waals surface area (Å²) in [5.41, 5.74) is 2.01. The summed E-state index contributed by atoms with van der Waals surface area (Å²) in [6, 6.07) is 11.4. The number of morpholine rings is 1. The fraction of sp³-hybridized carbons (Fsp3) is 0.333. The maximum absolute atomic E-state index is 13.2. The Balaban J connectivity index is 1.71. The topological polar surface area (TPSA) is 79.3 Å². The lowest BCUT2D eigenvalue weighted by Crippen LogP contribution is -2.42. The predicted octanol–water partition coefficient (Wildman–Crippen LogP) is 3.97. The van der Waals surface area contributed by atoms with Gasteiger partial charge in [0.1, 0.15) is 18.1 Å². The average molecular weight is 497 g/mol. The molecule has 0 unspecified atom stereocenters. The number of benzene rings is 2. The third kappa shape index (κ3) is 5.42. The molecular formula is C27H29ClN2O5. The molecule has 0 radical (unpaired) electrons. The summed E-state index contributed by atoms with van der Waals surface area (Å²) in [4.78, 5) is 30.1. The van der Waals surface area contributed by atoms with Crippen molar-refractivity contribution in [2.24, 2.45) is 0 Å². The van der Waals surface area contributed by atoms with Crippen molar-refractivity contribution in [3.8, 4) is 5.75 Å². The van der Waals surface area contributed by atoms with Crippen LogP contribution in [0.2, 0.25) is 5.02 Å². The van der Waals surface area contributed by atoms with Gasteiger partial charge in [-0.15, -0.1) is 0 Å². The monoisotopic (exact) mass is 496 g/mol. The van der Waals surface area contributed by atoms with Gasteiger partial charge in [-0.25, -0.2) is 0 Å². The maximum atomic E-state index is 13.2. The van der Waals surface area contributed by atoms with Crippen molar-refractivity contribution < 1.29 is 24.2 Å². The Bertz CT molecular complexity index is 1140. The number of likely N-dealkylation sites (tertiary alicyclic amines) is 1. The molecule has 0 saturated carbocycles. The minimum atomic E-state index is -0.717. The van der Waals surface area contributed by atoms with Gasteiger partial charge in [0.2, 0.25) is 0 Å². The van der Waals surface area contributed by atoms with Gasteiger partial charge in [0.25, 0.3) is 11.7 Å². The summed E-state index contributed by atoms with van der Waals surface area (Å²) in [6.45, 7) is 9.65. The van der Waals surface area contributed by atoms with Crippen LogP contribution in [-0.2, 0) is 14.3 Å². The number of halogens is 1. The Kier molecular flexibility index (Phi) is 7.90. The van der Waals surface area contributed by atoms with Crippen molar-refractivity contribution in [2.45, 2.75) is 13.0 Å². The summed E-state index contributed by atoms with van der Waals surface area (Å²) in [5, 5.41) is 11.8. The minimum Gasteiger partial charge on any atom is -0.507 e. The van der Waals surface area contributed by atoms with E-state index in [0.717, 1.165) is 18.7 Å². The number of aliphatic hydroxyl groups excluding tert-OH is 1. The van der Waals surface area contributed by atoms with Crippen LogP contribution in [0.15, 0.2) is 60.7 Å². The first-order chi connectivity index (χ1) is 16.9. The summed E-state index contributed by atoms with van der Waals surface area (Å²) in [6.07, 6.45) is 1.65. The van der Waals surface area contributed by atoms with Gasteiger partial charge in [0, 0.05) is 36.8 Å². The highest BCUT2D eigenvalue weighted by molar-refractivity contribution is 6.46. The molecule has 8 heteroatoms. The number of carbonyl (C=O) groups excluding carboxylic acids is 2. The van der Waals surface area contributed by atoms with Crippen LogP contribution in [0.5, 0.6) is 5.75 Å². The number of ether oxygens (including phenoxy) is 2. The highest BCUT2D eigenvalue weighted by Gasteiger charge is 2.46. The number of nitrogens with zero attached hydrogens (tertiary/aromatic N) is 2. The van der Waals surface area contributed by atoms with Crippen LogP contribution >= 0.6 is 11.6 Å². The number of Topliss-reactive ketones (excluding diaryl/α,β-unsaturated/α-hetero) is 1. The van der Waals surface area contributed by atoms with Crippen LogP contribution in [-0.4, -0.2) is 72.6 Å². The predicted molar refractivity (Wildman–Crippen MR) is 135 cm³/mol. The van der Waals surface area contributed by atoms with E-state index in [1.807, 2.05) is 6.92 Å². The fourth-order valence-corrected chi connectivity index (χ4v) is 4.57. The first-order valence-electron chi connectivity index (χ1n) is 11.6. The Morgan fingerprint density at radius 3 is 2.54 bits per heavy atom. The first-order valence-corrected chi connectivity index (χ1v) is 12.0. The SMILES string of the molecule is C=CCOc1ccc(C(O)=C2C(=O)C(=O)N(CCN3CCOCC3)[C@H]2c2ccc(Cl)cc2)cc1C. The molecule has 7 nitrogen and oxygen atoms in total. The van der Waals surface area contributed by atoms with Crippen molar-refractivity contribution in [1.82, 2.24) is 9.80 Å². The van der Waals surface area contributed by atoms with E-state index in [9.17, 15) is 14.7 Å². The van der Waals surface area contributed by atoms with Gasteiger partial charge in [0.15, 0.2) is 0 Å². The number of ketones is 1. The summed E-state index contributed by atoms with van der Waals surface area (Å²) >= 11 is 6.09. The largest absolute Gasteiger partial charge is 0.507 e. The van der Waals surface area contributed by atoms with Crippen molar-refractivity contribution >= 4 is 29.1 Å². The van der Waals surface area contributed by atoms with Crippen molar-refractivity contribution in [1.29, 1.82) is 0 Å². The van der Waals surface area contributed by atoms with Crippen LogP contribution in [0.4, 0.5) is 0 Å². The van der Waals surface area contributed by atoms with Gasteiger partial charge in [-0.2, -0.15) is 0 Å². The first kappa shape index (κ1) is 25.0. The molecule has 2 heterocycles. The molecule has 0 aromatic heterocycles. The zero-order chi connectivity index (χ0) is 24.9. The molecule has 35 heavy (non-hydrogen) atoms. The average Bonchev–Trinajstić information content (AvgIpc) is 3.12. The molecule has 2 aliphatic rings. The molecule has 184 valence electrons. The van der Waals surface area contributed by atoms with E-state index in [-0.39, 0.29) is 11.3 Å². The van der Waals surface area contributed by atoms with Crippen LogP contribution in [0, 0.1) is 6.92 Å². The van der Waals surface area contributed by atoms with E-state index in [0.29, 0.717) is 54.8 Å². The van der Waals surface area contributed by atoms with Crippen LogP contribution in [0.3, 0.4) is 0 Å². The minimum absolute atomic E-state index is 0.0680. The van der Waals surface area contributed by atoms with Crippen LogP contribution in [0.25, 0.3) is 5.76 Å². The van der Waals surface area contributed by atoms with Gasteiger partial charge in [-0.05, 0) is 48.4 Å². The number of hydrogen-bond donors (Lipinski definition) is 1. The van der Waals surface area contributed by atoms with E-state index in [4.69, 9.17) is 21.1 Å². The number of aryl methyl sites for hydroxylation is 1. The normalized spacial score (nSPS) is 20.3. The smallest absolute Gasteiger partial charge is 0.295 e. The molecule has 2 aromatic carbocycles. The van der Waals surface area contributed by atoms with E-state index >= 15 is 0 Å². The van der Waals surface area contributed by atoms with E-state index in [2.05, 4.69) is 11.5 Å². The third-order valence-corrected chi connectivity index (χ3v) is 6.54. The van der Waals surface area contributed by atoms with Crippen molar-refractivity contribution in [3.05, 3.63) is 82.4 Å².